The molecule has 0 amide bonds. The molecule has 3 N–H and O–H groups in total. The van der Waals surface area contributed by atoms with Crippen LogP contribution in [0.4, 0.5) is 15.9 Å². The zero-order valence-corrected chi connectivity index (χ0v) is 20.3. The third-order valence-corrected chi connectivity index (χ3v) is 6.83. The Morgan fingerprint density at radius 3 is 2.68 bits per heavy atom. The lowest BCUT2D eigenvalue weighted by molar-refractivity contribution is 0.0612. The van der Waals surface area contributed by atoms with Crippen LogP contribution >= 0.6 is 0 Å². The lowest BCUT2D eigenvalue weighted by atomic mass is 9.78. The second-order valence-electron chi connectivity index (χ2n) is 10.1. The Kier molecular flexibility index (Phi) is 6.50. The standard InChI is InChI=1S/C26H33FN6O/c1-17(2)31-25(3,4)18-8-10-19(11-9-18)30-23-22-20(12-16-29-24(22)34)33(32-23)26(14-15-28)13-6-5-7-21(26)27/h8-12,16-17,21,31H,5-7,13-14H2,1-4H3,(H,29,34)(H,30,32). The Labute approximate surface area is 199 Å². The number of pyridine rings is 1. The average molecular weight is 465 g/mol. The molecule has 0 spiro atoms. The normalized spacial score (nSPS) is 21.0. The van der Waals surface area contributed by atoms with E-state index in [1.54, 1.807) is 16.9 Å². The largest absolute Gasteiger partial charge is 0.338 e. The third kappa shape index (κ3) is 4.32. The molecule has 2 aromatic heterocycles. The van der Waals surface area contributed by atoms with Crippen LogP contribution in [0.1, 0.15) is 65.4 Å². The number of alkyl halides is 1. The van der Waals surface area contributed by atoms with Crippen molar-refractivity contribution >= 4 is 22.4 Å². The van der Waals surface area contributed by atoms with Gasteiger partial charge in [0.25, 0.3) is 5.56 Å². The van der Waals surface area contributed by atoms with E-state index in [2.05, 4.69) is 49.4 Å². The molecular weight excluding hydrogens is 431 g/mol. The second-order valence-corrected chi connectivity index (χ2v) is 10.1. The van der Waals surface area contributed by atoms with Gasteiger partial charge in [0, 0.05) is 23.5 Å². The van der Waals surface area contributed by atoms with E-state index in [1.165, 1.54) is 0 Å². The number of aromatic amines is 1. The number of hydrogen-bond acceptors (Lipinski definition) is 5. The van der Waals surface area contributed by atoms with Gasteiger partial charge in [-0.15, -0.1) is 0 Å². The van der Waals surface area contributed by atoms with E-state index in [4.69, 9.17) is 5.10 Å². The summed E-state index contributed by atoms with van der Waals surface area (Å²) in [6, 6.07) is 12.2. The highest BCUT2D eigenvalue weighted by Gasteiger charge is 2.45. The number of hydrogen-bond donors (Lipinski definition) is 3. The zero-order chi connectivity index (χ0) is 24.5. The van der Waals surface area contributed by atoms with Gasteiger partial charge < -0.3 is 15.6 Å². The summed E-state index contributed by atoms with van der Waals surface area (Å²) in [5, 5.41) is 21.4. The summed E-state index contributed by atoms with van der Waals surface area (Å²) in [7, 11) is 0. The van der Waals surface area contributed by atoms with E-state index in [9.17, 15) is 10.1 Å². The molecule has 7 nitrogen and oxygen atoms in total. The molecule has 180 valence electrons. The highest BCUT2D eigenvalue weighted by molar-refractivity contribution is 5.91. The summed E-state index contributed by atoms with van der Waals surface area (Å²) >= 11 is 0. The summed E-state index contributed by atoms with van der Waals surface area (Å²) in [4.78, 5) is 15.5. The Morgan fingerprint density at radius 2 is 2.03 bits per heavy atom. The van der Waals surface area contributed by atoms with E-state index < -0.39 is 11.7 Å². The van der Waals surface area contributed by atoms with Crippen LogP contribution in [0.3, 0.4) is 0 Å². The molecule has 2 atom stereocenters. The predicted molar refractivity (Wildman–Crippen MR) is 133 cm³/mol. The van der Waals surface area contributed by atoms with E-state index in [-0.39, 0.29) is 17.5 Å². The maximum Gasteiger partial charge on any atom is 0.261 e. The molecule has 1 aliphatic carbocycles. The number of nitrogens with one attached hydrogen (secondary N) is 3. The van der Waals surface area contributed by atoms with Gasteiger partial charge in [0.15, 0.2) is 5.82 Å². The number of aromatic nitrogens is 3. The van der Waals surface area contributed by atoms with Crippen LogP contribution in [-0.2, 0) is 11.1 Å². The van der Waals surface area contributed by atoms with Crippen LogP contribution in [-0.4, -0.2) is 27.0 Å². The van der Waals surface area contributed by atoms with Crippen molar-refractivity contribution in [1.29, 1.82) is 5.26 Å². The van der Waals surface area contributed by atoms with Crippen LogP contribution < -0.4 is 16.2 Å². The van der Waals surface area contributed by atoms with Crippen molar-refractivity contribution in [1.82, 2.24) is 20.1 Å². The third-order valence-electron chi connectivity index (χ3n) is 6.83. The van der Waals surface area contributed by atoms with Crippen molar-refractivity contribution in [2.24, 2.45) is 0 Å². The fourth-order valence-electron chi connectivity index (χ4n) is 5.25. The predicted octanol–water partition coefficient (Wildman–Crippen LogP) is 5.22. The Hall–Kier alpha value is -3.18. The van der Waals surface area contributed by atoms with E-state index in [1.807, 2.05) is 24.3 Å². The summed E-state index contributed by atoms with van der Waals surface area (Å²) < 4.78 is 17.0. The maximum absolute atomic E-state index is 15.4. The highest BCUT2D eigenvalue weighted by Crippen LogP contribution is 2.42. The molecular formula is C26H33FN6O. The molecule has 0 bridgehead atoms. The molecule has 34 heavy (non-hydrogen) atoms. The van der Waals surface area contributed by atoms with Crippen molar-refractivity contribution in [3.05, 3.63) is 52.4 Å². The molecule has 0 saturated heterocycles. The van der Waals surface area contributed by atoms with Crippen LogP contribution in [0.15, 0.2) is 41.3 Å². The quantitative estimate of drug-likeness (QED) is 0.445. The lowest BCUT2D eigenvalue weighted by Gasteiger charge is -2.39. The fraction of sp³-hybridized carbons (Fsp3) is 0.500. The van der Waals surface area contributed by atoms with Gasteiger partial charge in [-0.1, -0.05) is 38.8 Å². The SMILES string of the molecule is CC(C)NC(C)(C)c1ccc(Nc2nn(C3(CC#N)CCCCC3F)c3cc[nH]c(=O)c23)cc1. The minimum absolute atomic E-state index is 0.00379. The molecule has 3 aromatic rings. The summed E-state index contributed by atoms with van der Waals surface area (Å²) in [5.74, 6) is 0.360. The zero-order valence-electron chi connectivity index (χ0n) is 20.3. The molecule has 0 aliphatic heterocycles. The Morgan fingerprint density at radius 1 is 1.29 bits per heavy atom. The van der Waals surface area contributed by atoms with Gasteiger partial charge in [0.05, 0.1) is 18.0 Å². The number of fused-ring (bicyclic) bond motifs is 1. The van der Waals surface area contributed by atoms with Crippen molar-refractivity contribution < 1.29 is 4.39 Å². The summed E-state index contributed by atoms with van der Waals surface area (Å²) in [6.45, 7) is 8.50. The van der Waals surface area contributed by atoms with Gasteiger partial charge in [-0.2, -0.15) is 10.4 Å². The van der Waals surface area contributed by atoms with Gasteiger partial charge in [0.2, 0.25) is 0 Å². The van der Waals surface area contributed by atoms with Crippen LogP contribution in [0.25, 0.3) is 10.9 Å². The number of rotatable bonds is 7. The van der Waals surface area contributed by atoms with Gasteiger partial charge >= 0.3 is 0 Å². The maximum atomic E-state index is 15.4. The van der Waals surface area contributed by atoms with E-state index in [0.717, 1.165) is 24.1 Å². The first-order chi connectivity index (χ1) is 16.2. The first kappa shape index (κ1) is 24.0. The van der Waals surface area contributed by atoms with Gasteiger partial charge in [-0.05, 0) is 50.5 Å². The van der Waals surface area contributed by atoms with Gasteiger partial charge in [0.1, 0.15) is 17.1 Å². The molecule has 8 heteroatoms. The molecule has 0 radical (unpaired) electrons. The summed E-state index contributed by atoms with van der Waals surface area (Å²) in [6.07, 6.45) is 2.84. The molecule has 2 unspecified atom stereocenters. The van der Waals surface area contributed by atoms with Gasteiger partial charge in [-0.25, -0.2) is 4.39 Å². The van der Waals surface area contributed by atoms with Crippen LogP contribution in [0, 0.1) is 11.3 Å². The first-order valence-corrected chi connectivity index (χ1v) is 11.9. The smallest absolute Gasteiger partial charge is 0.261 e. The fourth-order valence-corrected chi connectivity index (χ4v) is 5.25. The van der Waals surface area contributed by atoms with Crippen molar-refractivity contribution in [3.63, 3.8) is 0 Å². The monoisotopic (exact) mass is 464 g/mol. The van der Waals surface area contributed by atoms with Crippen LogP contribution in [0.5, 0.6) is 0 Å². The molecule has 1 fully saturated rings. The average Bonchev–Trinajstić information content (AvgIpc) is 3.15. The molecule has 1 aliphatic rings. The minimum atomic E-state index is -1.20. The van der Waals surface area contributed by atoms with Crippen LogP contribution in [0.2, 0.25) is 0 Å². The number of nitrogens with zero attached hydrogens (tertiary/aromatic N) is 3. The molecule has 1 aromatic carbocycles. The van der Waals surface area contributed by atoms with E-state index in [0.29, 0.717) is 35.6 Å². The number of benzene rings is 1. The molecule has 4 rings (SSSR count). The second kappa shape index (κ2) is 9.22. The highest BCUT2D eigenvalue weighted by atomic mass is 19.1. The van der Waals surface area contributed by atoms with Gasteiger partial charge in [-0.3, -0.25) is 9.48 Å². The lowest BCUT2D eigenvalue weighted by Crippen LogP contribution is -2.45. The number of H-pyrrole nitrogens is 1. The number of anilines is 2. The van der Waals surface area contributed by atoms with Crippen molar-refractivity contribution in [2.75, 3.05) is 5.32 Å². The number of halogens is 1. The molecule has 1 saturated carbocycles. The van der Waals surface area contributed by atoms with Crippen molar-refractivity contribution in [3.8, 4) is 6.07 Å². The van der Waals surface area contributed by atoms with Crippen molar-refractivity contribution in [2.45, 2.75) is 83.1 Å². The van der Waals surface area contributed by atoms with E-state index >= 15 is 4.39 Å². The Bertz CT molecular complexity index is 1250. The first-order valence-electron chi connectivity index (χ1n) is 11.9. The topological polar surface area (TPSA) is 98.5 Å². The molecule has 2 heterocycles. The minimum Gasteiger partial charge on any atom is -0.338 e. The summed E-state index contributed by atoms with van der Waals surface area (Å²) in [5.41, 5.74) is 0.867. The number of nitriles is 1. The Balaban J connectivity index is 1.75.